The lowest BCUT2D eigenvalue weighted by Gasteiger charge is -2.16. The third-order valence-corrected chi connectivity index (χ3v) is 3.80. The molecule has 2 aromatic rings. The molecule has 0 saturated carbocycles. The van der Waals surface area contributed by atoms with Crippen LogP contribution in [0.1, 0.15) is 11.1 Å². The first-order valence-corrected chi connectivity index (χ1v) is 7.22. The van der Waals surface area contributed by atoms with Gasteiger partial charge in [0, 0.05) is 6.04 Å². The second-order valence-electron chi connectivity index (χ2n) is 4.93. The van der Waals surface area contributed by atoms with Crippen molar-refractivity contribution in [2.45, 2.75) is 18.9 Å². The van der Waals surface area contributed by atoms with Gasteiger partial charge in [-0.25, -0.2) is 0 Å². The Labute approximate surface area is 130 Å². The van der Waals surface area contributed by atoms with Crippen LogP contribution in [0, 0.1) is 0 Å². The van der Waals surface area contributed by atoms with Gasteiger partial charge < -0.3 is 15.2 Å². The molecule has 0 saturated heterocycles. The van der Waals surface area contributed by atoms with Crippen LogP contribution in [-0.4, -0.2) is 20.3 Å². The monoisotopic (exact) mass is 305 g/mol. The van der Waals surface area contributed by atoms with Crippen molar-refractivity contribution in [3.8, 4) is 11.5 Å². The van der Waals surface area contributed by atoms with Gasteiger partial charge in [-0.1, -0.05) is 48.0 Å². The molecule has 0 bridgehead atoms. The highest BCUT2D eigenvalue weighted by Crippen LogP contribution is 2.37. The minimum atomic E-state index is 0.00278. The molecule has 0 aliphatic heterocycles. The van der Waals surface area contributed by atoms with E-state index < -0.39 is 0 Å². The first-order valence-electron chi connectivity index (χ1n) is 6.84. The van der Waals surface area contributed by atoms with E-state index in [0.29, 0.717) is 22.9 Å². The minimum absolute atomic E-state index is 0.00278. The van der Waals surface area contributed by atoms with Crippen LogP contribution in [0.15, 0.2) is 42.5 Å². The average Bonchev–Trinajstić information content (AvgIpc) is 2.50. The van der Waals surface area contributed by atoms with Gasteiger partial charge in [0.1, 0.15) is 0 Å². The Morgan fingerprint density at radius 3 is 2.33 bits per heavy atom. The summed E-state index contributed by atoms with van der Waals surface area (Å²) in [4.78, 5) is 0. The summed E-state index contributed by atoms with van der Waals surface area (Å²) in [6, 6.07) is 14.0. The van der Waals surface area contributed by atoms with E-state index in [1.807, 2.05) is 30.3 Å². The van der Waals surface area contributed by atoms with Gasteiger partial charge in [-0.3, -0.25) is 0 Å². The number of rotatable bonds is 6. The molecule has 112 valence electrons. The summed E-state index contributed by atoms with van der Waals surface area (Å²) in [6.07, 6.45) is 1.50. The van der Waals surface area contributed by atoms with E-state index in [4.69, 9.17) is 26.8 Å². The Balaban J connectivity index is 2.12. The average molecular weight is 306 g/mol. The maximum Gasteiger partial charge on any atom is 0.179 e. The number of nitrogens with two attached hydrogens (primary N) is 1. The number of methoxy groups -OCH3 is 2. The normalized spacial score (nSPS) is 12.0. The lowest BCUT2D eigenvalue weighted by atomic mass is 9.99. The molecule has 0 fully saturated rings. The maximum absolute atomic E-state index is 6.38. The standard InChI is InChI=1S/C17H20ClNO2/c1-20-15-9-8-13(16(18)17(15)21-2)11-14(19)10-12-6-4-3-5-7-12/h3-9,14H,10-11,19H2,1-2H3. The molecule has 2 aromatic carbocycles. The Morgan fingerprint density at radius 1 is 1.00 bits per heavy atom. The molecule has 21 heavy (non-hydrogen) atoms. The Morgan fingerprint density at radius 2 is 1.71 bits per heavy atom. The zero-order chi connectivity index (χ0) is 15.2. The van der Waals surface area contributed by atoms with E-state index in [2.05, 4.69) is 12.1 Å². The Kier molecular flexibility index (Phi) is 5.48. The van der Waals surface area contributed by atoms with Crippen LogP contribution in [0.4, 0.5) is 0 Å². The van der Waals surface area contributed by atoms with Crippen LogP contribution in [0.25, 0.3) is 0 Å². The summed E-state index contributed by atoms with van der Waals surface area (Å²) in [5.74, 6) is 1.19. The van der Waals surface area contributed by atoms with Gasteiger partial charge in [0.15, 0.2) is 11.5 Å². The highest BCUT2D eigenvalue weighted by Gasteiger charge is 2.15. The van der Waals surface area contributed by atoms with Crippen molar-refractivity contribution < 1.29 is 9.47 Å². The third-order valence-electron chi connectivity index (χ3n) is 3.39. The summed E-state index contributed by atoms with van der Waals surface area (Å²) in [7, 11) is 3.17. The van der Waals surface area contributed by atoms with Crippen LogP contribution in [0.3, 0.4) is 0 Å². The smallest absolute Gasteiger partial charge is 0.179 e. The van der Waals surface area contributed by atoms with Crippen molar-refractivity contribution >= 4 is 11.6 Å². The largest absolute Gasteiger partial charge is 0.493 e. The molecule has 3 nitrogen and oxygen atoms in total. The van der Waals surface area contributed by atoms with E-state index in [0.717, 1.165) is 12.0 Å². The Hall–Kier alpha value is -1.71. The van der Waals surface area contributed by atoms with Crippen LogP contribution in [0.2, 0.25) is 5.02 Å². The lowest BCUT2D eigenvalue weighted by molar-refractivity contribution is 0.354. The number of hydrogen-bond acceptors (Lipinski definition) is 3. The summed E-state index contributed by atoms with van der Waals surface area (Å²) < 4.78 is 10.5. The predicted molar refractivity (Wildman–Crippen MR) is 86.4 cm³/mol. The molecule has 0 aromatic heterocycles. The van der Waals surface area contributed by atoms with E-state index in [-0.39, 0.29) is 6.04 Å². The zero-order valence-electron chi connectivity index (χ0n) is 12.3. The molecule has 0 spiro atoms. The molecule has 1 unspecified atom stereocenters. The summed E-state index contributed by atoms with van der Waals surface area (Å²) in [5, 5.41) is 0.570. The number of ether oxygens (including phenoxy) is 2. The van der Waals surface area contributed by atoms with Crippen LogP contribution >= 0.6 is 11.6 Å². The van der Waals surface area contributed by atoms with Gasteiger partial charge in [-0.05, 0) is 30.0 Å². The van der Waals surface area contributed by atoms with Crippen molar-refractivity contribution in [2.75, 3.05) is 14.2 Å². The first-order chi connectivity index (χ1) is 10.2. The van der Waals surface area contributed by atoms with Crippen molar-refractivity contribution in [3.05, 3.63) is 58.6 Å². The van der Waals surface area contributed by atoms with Crippen molar-refractivity contribution in [2.24, 2.45) is 5.73 Å². The molecule has 0 aliphatic rings. The van der Waals surface area contributed by atoms with Gasteiger partial charge in [-0.2, -0.15) is 0 Å². The topological polar surface area (TPSA) is 44.5 Å². The molecule has 1 atom stereocenters. The molecule has 0 heterocycles. The van der Waals surface area contributed by atoms with Crippen molar-refractivity contribution in [1.29, 1.82) is 0 Å². The number of benzene rings is 2. The fourth-order valence-electron chi connectivity index (χ4n) is 2.36. The molecule has 0 radical (unpaired) electrons. The number of hydrogen-bond donors (Lipinski definition) is 1. The maximum atomic E-state index is 6.38. The second kappa shape index (κ2) is 7.34. The molecule has 0 aliphatic carbocycles. The van der Waals surface area contributed by atoms with Gasteiger partial charge in [0.2, 0.25) is 0 Å². The van der Waals surface area contributed by atoms with Crippen LogP contribution < -0.4 is 15.2 Å². The fraction of sp³-hybridized carbons (Fsp3) is 0.294. The lowest BCUT2D eigenvalue weighted by Crippen LogP contribution is -2.25. The molecule has 4 heteroatoms. The summed E-state index contributed by atoms with van der Waals surface area (Å²) in [6.45, 7) is 0. The number of halogens is 1. The van der Waals surface area contributed by atoms with Gasteiger partial charge in [0.25, 0.3) is 0 Å². The van der Waals surface area contributed by atoms with E-state index in [1.165, 1.54) is 5.56 Å². The van der Waals surface area contributed by atoms with Gasteiger partial charge >= 0.3 is 0 Å². The highest BCUT2D eigenvalue weighted by atomic mass is 35.5. The van der Waals surface area contributed by atoms with Crippen LogP contribution in [0.5, 0.6) is 11.5 Å². The van der Waals surface area contributed by atoms with E-state index in [1.54, 1.807) is 14.2 Å². The highest BCUT2D eigenvalue weighted by molar-refractivity contribution is 6.33. The molecule has 0 amide bonds. The summed E-state index contributed by atoms with van der Waals surface area (Å²) >= 11 is 6.38. The van der Waals surface area contributed by atoms with Crippen LogP contribution in [-0.2, 0) is 12.8 Å². The molecular weight excluding hydrogens is 286 g/mol. The third kappa shape index (κ3) is 3.90. The molecule has 2 rings (SSSR count). The molecule has 2 N–H and O–H groups in total. The van der Waals surface area contributed by atoms with Gasteiger partial charge in [0.05, 0.1) is 19.2 Å². The SMILES string of the molecule is COc1ccc(CC(N)Cc2ccccc2)c(Cl)c1OC. The molecular formula is C17H20ClNO2. The zero-order valence-corrected chi connectivity index (χ0v) is 13.1. The minimum Gasteiger partial charge on any atom is -0.493 e. The second-order valence-corrected chi connectivity index (χ2v) is 5.31. The first kappa shape index (κ1) is 15.7. The Bertz CT molecular complexity index is 587. The summed E-state index contributed by atoms with van der Waals surface area (Å²) in [5.41, 5.74) is 8.43. The fourth-order valence-corrected chi connectivity index (χ4v) is 2.67. The van der Waals surface area contributed by atoms with E-state index in [9.17, 15) is 0 Å². The van der Waals surface area contributed by atoms with Crippen molar-refractivity contribution in [1.82, 2.24) is 0 Å². The van der Waals surface area contributed by atoms with Crippen molar-refractivity contribution in [3.63, 3.8) is 0 Å². The van der Waals surface area contributed by atoms with Gasteiger partial charge in [-0.15, -0.1) is 0 Å². The predicted octanol–water partition coefficient (Wildman–Crippen LogP) is 3.47. The van der Waals surface area contributed by atoms with E-state index >= 15 is 0 Å². The quantitative estimate of drug-likeness (QED) is 0.889.